The summed E-state index contributed by atoms with van der Waals surface area (Å²) in [6.45, 7) is -0.197. The summed E-state index contributed by atoms with van der Waals surface area (Å²) in [4.78, 5) is 0. The van der Waals surface area contributed by atoms with Gasteiger partial charge in [-0.25, -0.2) is 5.14 Å². The molecule has 0 radical (unpaired) electrons. The van der Waals surface area contributed by atoms with Gasteiger partial charge in [-0.15, -0.1) is 0 Å². The molecule has 0 bridgehead atoms. The fourth-order valence-corrected chi connectivity index (χ4v) is 3.54. The zero-order chi connectivity index (χ0) is 15.8. The lowest BCUT2D eigenvalue weighted by molar-refractivity contribution is -0.249. The van der Waals surface area contributed by atoms with Crippen molar-refractivity contribution in [1.82, 2.24) is 0 Å². The first-order valence-corrected chi connectivity index (χ1v) is 9.06. The van der Waals surface area contributed by atoms with E-state index in [1.165, 1.54) is 0 Å². The zero-order valence-corrected chi connectivity index (χ0v) is 13.5. The highest BCUT2D eigenvalue weighted by Crippen LogP contribution is 2.47. The molecule has 1 saturated carbocycles. The first-order valence-electron chi connectivity index (χ1n) is 7.21. The summed E-state index contributed by atoms with van der Waals surface area (Å²) in [5.74, 6) is -0.219. The molecule has 0 amide bonds. The molecule has 2 N–H and O–H groups in total. The highest BCUT2D eigenvalue weighted by atomic mass is 35.5. The summed E-state index contributed by atoms with van der Waals surface area (Å²) in [5.41, 5.74) is 0.673. The Bertz CT molecular complexity index is 657. The number of benzene rings is 1. The van der Waals surface area contributed by atoms with E-state index in [0.29, 0.717) is 16.3 Å². The van der Waals surface area contributed by atoms with Gasteiger partial charge in [0.1, 0.15) is 11.9 Å². The molecule has 1 fully saturated rings. The molecule has 122 valence electrons. The standard InChI is InChI=1S/C14H18ClNO5S/c15-11-6-4-5-10-12(9-19-22(16,17)18)20-14(21-13(10)11)7-2-1-3-8-14/h4-6,12H,1-3,7-9H2,(H2,16,17,18). The summed E-state index contributed by atoms with van der Waals surface area (Å²) >= 11 is 6.24. The molecule has 1 aromatic rings. The van der Waals surface area contributed by atoms with Gasteiger partial charge in [0.25, 0.3) is 0 Å². The average molecular weight is 348 g/mol. The van der Waals surface area contributed by atoms with E-state index in [9.17, 15) is 8.42 Å². The Morgan fingerprint density at radius 2 is 2.05 bits per heavy atom. The molecule has 3 rings (SSSR count). The molecule has 1 aromatic carbocycles. The van der Waals surface area contributed by atoms with Crippen molar-refractivity contribution < 1.29 is 22.1 Å². The molecule has 1 heterocycles. The zero-order valence-electron chi connectivity index (χ0n) is 12.0. The summed E-state index contributed by atoms with van der Waals surface area (Å²) in [6, 6.07) is 5.28. The lowest BCUT2D eigenvalue weighted by Crippen LogP contribution is -2.46. The quantitative estimate of drug-likeness (QED) is 0.908. The van der Waals surface area contributed by atoms with Crippen molar-refractivity contribution in [3.8, 4) is 5.75 Å². The van der Waals surface area contributed by atoms with E-state index in [1.807, 2.05) is 0 Å². The number of fused-ring (bicyclic) bond motifs is 1. The largest absolute Gasteiger partial charge is 0.460 e. The van der Waals surface area contributed by atoms with Gasteiger partial charge >= 0.3 is 10.3 Å². The van der Waals surface area contributed by atoms with E-state index in [2.05, 4.69) is 0 Å². The molecule has 1 atom stereocenters. The van der Waals surface area contributed by atoms with Gasteiger partial charge in [-0.3, -0.25) is 4.18 Å². The summed E-state index contributed by atoms with van der Waals surface area (Å²) in [7, 11) is -4.03. The van der Waals surface area contributed by atoms with Crippen LogP contribution < -0.4 is 9.88 Å². The first-order chi connectivity index (χ1) is 10.4. The highest BCUT2D eigenvalue weighted by Gasteiger charge is 2.43. The fraction of sp³-hybridized carbons (Fsp3) is 0.571. The van der Waals surface area contributed by atoms with Crippen LogP contribution in [-0.2, 0) is 19.2 Å². The number of nitrogens with two attached hydrogens (primary N) is 1. The summed E-state index contributed by atoms with van der Waals surface area (Å²) < 4.78 is 39.0. The molecule has 1 aliphatic carbocycles. The highest BCUT2D eigenvalue weighted by molar-refractivity contribution is 7.84. The third-order valence-corrected chi connectivity index (χ3v) is 4.75. The number of ether oxygens (including phenoxy) is 2. The minimum atomic E-state index is -4.03. The topological polar surface area (TPSA) is 87.9 Å². The van der Waals surface area contributed by atoms with Crippen molar-refractivity contribution in [2.75, 3.05) is 6.61 Å². The Morgan fingerprint density at radius 1 is 1.32 bits per heavy atom. The van der Waals surface area contributed by atoms with Crippen LogP contribution in [0, 0.1) is 0 Å². The summed E-state index contributed by atoms with van der Waals surface area (Å²) in [5, 5.41) is 5.39. The van der Waals surface area contributed by atoms with Crippen molar-refractivity contribution in [3.63, 3.8) is 0 Å². The number of hydrogen-bond donors (Lipinski definition) is 1. The molecule has 1 spiro atoms. The second-order valence-corrected chi connectivity index (χ2v) is 7.24. The van der Waals surface area contributed by atoms with Gasteiger partial charge in [-0.05, 0) is 18.9 Å². The molecule has 0 aromatic heterocycles. The third kappa shape index (κ3) is 3.38. The van der Waals surface area contributed by atoms with Crippen LogP contribution in [0.25, 0.3) is 0 Å². The van der Waals surface area contributed by atoms with Crippen LogP contribution in [0.4, 0.5) is 0 Å². The third-order valence-electron chi connectivity index (χ3n) is 3.99. The van der Waals surface area contributed by atoms with Crippen LogP contribution in [0.15, 0.2) is 18.2 Å². The molecule has 22 heavy (non-hydrogen) atoms. The Kier molecular flexibility index (Phi) is 4.35. The fourth-order valence-electron chi connectivity index (χ4n) is 3.01. The van der Waals surface area contributed by atoms with Gasteiger partial charge < -0.3 is 9.47 Å². The lowest BCUT2D eigenvalue weighted by atomic mass is 9.92. The van der Waals surface area contributed by atoms with Gasteiger partial charge in [0.15, 0.2) is 0 Å². The van der Waals surface area contributed by atoms with Crippen LogP contribution in [0.5, 0.6) is 5.75 Å². The van der Waals surface area contributed by atoms with Crippen LogP contribution in [0.3, 0.4) is 0 Å². The predicted octanol–water partition coefficient (Wildman–Crippen LogP) is 2.67. The van der Waals surface area contributed by atoms with Crippen molar-refractivity contribution in [3.05, 3.63) is 28.8 Å². The number of para-hydroxylation sites is 1. The summed E-state index contributed by atoms with van der Waals surface area (Å²) in [6.07, 6.45) is 4.00. The van der Waals surface area contributed by atoms with E-state index in [-0.39, 0.29) is 6.61 Å². The minimum absolute atomic E-state index is 0.197. The van der Waals surface area contributed by atoms with Crippen LogP contribution in [-0.4, -0.2) is 20.8 Å². The Balaban J connectivity index is 1.92. The monoisotopic (exact) mass is 347 g/mol. The molecule has 0 saturated heterocycles. The Labute approximate surface area is 134 Å². The maximum absolute atomic E-state index is 11.1. The van der Waals surface area contributed by atoms with E-state index < -0.39 is 22.2 Å². The van der Waals surface area contributed by atoms with Crippen molar-refractivity contribution >= 4 is 21.9 Å². The predicted molar refractivity (Wildman–Crippen MR) is 80.8 cm³/mol. The van der Waals surface area contributed by atoms with Crippen LogP contribution in [0.1, 0.15) is 43.8 Å². The molecule has 6 nitrogen and oxygen atoms in total. The maximum atomic E-state index is 11.1. The van der Waals surface area contributed by atoms with Gasteiger partial charge in [-0.1, -0.05) is 30.2 Å². The SMILES string of the molecule is NS(=O)(=O)OCC1OC2(CCCCC2)Oc2c(Cl)cccc21. The molecule has 2 aliphatic rings. The average Bonchev–Trinajstić information content (AvgIpc) is 2.46. The van der Waals surface area contributed by atoms with Gasteiger partial charge in [0.2, 0.25) is 5.79 Å². The lowest BCUT2D eigenvalue weighted by Gasteiger charge is -2.44. The normalized spacial score (nSPS) is 23.8. The molecular formula is C14H18ClNO5S. The van der Waals surface area contributed by atoms with Crippen LogP contribution >= 0.6 is 11.6 Å². The van der Waals surface area contributed by atoms with Gasteiger partial charge in [0.05, 0.1) is 11.6 Å². The number of hydrogen-bond acceptors (Lipinski definition) is 5. The number of rotatable bonds is 3. The molecule has 1 aliphatic heterocycles. The van der Waals surface area contributed by atoms with Crippen LogP contribution in [0.2, 0.25) is 5.02 Å². The smallest absolute Gasteiger partial charge is 0.333 e. The van der Waals surface area contributed by atoms with Gasteiger partial charge in [0, 0.05) is 18.4 Å². The van der Waals surface area contributed by atoms with E-state index >= 15 is 0 Å². The van der Waals surface area contributed by atoms with Crippen molar-refractivity contribution in [2.45, 2.75) is 44.0 Å². The molecule has 8 heteroatoms. The minimum Gasteiger partial charge on any atom is -0.460 e. The van der Waals surface area contributed by atoms with Crippen molar-refractivity contribution in [1.29, 1.82) is 0 Å². The molecule has 1 unspecified atom stereocenters. The first kappa shape index (κ1) is 16.0. The second kappa shape index (κ2) is 5.98. The Hall–Kier alpha value is -0.860. The second-order valence-electron chi connectivity index (χ2n) is 5.62. The number of halogens is 1. The van der Waals surface area contributed by atoms with E-state index in [0.717, 1.165) is 32.1 Å². The van der Waals surface area contributed by atoms with E-state index in [4.69, 9.17) is 30.4 Å². The Morgan fingerprint density at radius 3 is 2.73 bits per heavy atom. The molecular weight excluding hydrogens is 330 g/mol. The van der Waals surface area contributed by atoms with Crippen molar-refractivity contribution in [2.24, 2.45) is 5.14 Å². The van der Waals surface area contributed by atoms with E-state index in [1.54, 1.807) is 18.2 Å². The maximum Gasteiger partial charge on any atom is 0.333 e. The van der Waals surface area contributed by atoms with Gasteiger partial charge in [-0.2, -0.15) is 8.42 Å².